The second-order valence-electron chi connectivity index (χ2n) is 3.99. The molecule has 0 atom stereocenters. The van der Waals surface area contributed by atoms with E-state index in [1.807, 2.05) is 11.3 Å². The zero-order chi connectivity index (χ0) is 8.67. The maximum absolute atomic E-state index is 2.60. The molecule has 0 aliphatic carbocycles. The summed E-state index contributed by atoms with van der Waals surface area (Å²) in [6, 6.07) is 2.30. The minimum absolute atomic E-state index is 1.20. The van der Waals surface area contributed by atoms with E-state index in [-0.39, 0.29) is 0 Å². The molecule has 1 aromatic heterocycles. The van der Waals surface area contributed by atoms with Crippen molar-refractivity contribution in [1.82, 2.24) is 0 Å². The van der Waals surface area contributed by atoms with Gasteiger partial charge in [0.05, 0.1) is 11.3 Å². The Morgan fingerprint density at radius 2 is 2.31 bits per heavy atom. The molecule has 13 heavy (non-hydrogen) atoms. The lowest BCUT2D eigenvalue weighted by Gasteiger charge is -2.19. The van der Waals surface area contributed by atoms with Gasteiger partial charge in [0.15, 0.2) is 12.3 Å². The van der Waals surface area contributed by atoms with E-state index in [2.05, 4.69) is 16.0 Å². The lowest BCUT2D eigenvalue weighted by Crippen LogP contribution is -2.31. The van der Waals surface area contributed by atoms with E-state index in [0.29, 0.717) is 0 Å². The molecule has 0 radical (unpaired) electrons. The Bertz CT molecular complexity index is 329. The number of hydrogen-bond donors (Lipinski definition) is 0. The molecule has 0 spiro atoms. The average Bonchev–Trinajstić information content (AvgIpc) is 2.61. The van der Waals surface area contributed by atoms with Gasteiger partial charge < -0.3 is 0 Å². The van der Waals surface area contributed by atoms with Crippen LogP contribution in [0, 0.1) is 0 Å². The second-order valence-corrected chi connectivity index (χ2v) is 4.99. The fourth-order valence-electron chi connectivity index (χ4n) is 2.40. The zero-order valence-corrected chi connectivity index (χ0v) is 8.57. The third-order valence-corrected chi connectivity index (χ3v) is 4.11. The standard InChI is InChI=1S/C11H14NS/c1-2-5-12-8-11-9(4-6-13-11)7-10(12)3-1/h4,6H,1-3,5,7-8H2/q+1. The molecule has 0 fully saturated rings. The van der Waals surface area contributed by atoms with Crippen molar-refractivity contribution < 1.29 is 4.58 Å². The molecule has 2 aliphatic rings. The molecule has 1 nitrogen and oxygen atoms in total. The Balaban J connectivity index is 1.98. The first kappa shape index (κ1) is 7.74. The molecule has 2 heteroatoms. The van der Waals surface area contributed by atoms with Gasteiger partial charge in [0.2, 0.25) is 0 Å². The van der Waals surface area contributed by atoms with Crippen LogP contribution < -0.4 is 0 Å². The lowest BCUT2D eigenvalue weighted by molar-refractivity contribution is -0.551. The fourth-order valence-corrected chi connectivity index (χ4v) is 3.31. The van der Waals surface area contributed by atoms with E-state index in [0.717, 1.165) is 0 Å². The van der Waals surface area contributed by atoms with Crippen LogP contribution in [0.15, 0.2) is 11.4 Å². The predicted molar refractivity (Wildman–Crippen MR) is 55.7 cm³/mol. The summed E-state index contributed by atoms with van der Waals surface area (Å²) >= 11 is 1.93. The molecule has 0 unspecified atom stereocenters. The van der Waals surface area contributed by atoms with Crippen LogP contribution in [0.2, 0.25) is 0 Å². The van der Waals surface area contributed by atoms with Gasteiger partial charge in [0, 0.05) is 12.8 Å². The van der Waals surface area contributed by atoms with Crippen molar-refractivity contribution >= 4 is 17.0 Å². The van der Waals surface area contributed by atoms with E-state index in [1.54, 1.807) is 16.2 Å². The number of rotatable bonds is 0. The SMILES string of the molecule is c1cc2c(s1)C[N+]1=C(CCCC1)C2. The summed E-state index contributed by atoms with van der Waals surface area (Å²) in [4.78, 5) is 1.60. The van der Waals surface area contributed by atoms with Gasteiger partial charge in [0.25, 0.3) is 0 Å². The van der Waals surface area contributed by atoms with Gasteiger partial charge in [-0.05, 0) is 23.4 Å². The van der Waals surface area contributed by atoms with Gasteiger partial charge >= 0.3 is 0 Å². The molecular weight excluding hydrogens is 178 g/mol. The normalized spacial score (nSPS) is 21.2. The van der Waals surface area contributed by atoms with Crippen LogP contribution in [0.3, 0.4) is 0 Å². The zero-order valence-electron chi connectivity index (χ0n) is 7.75. The summed E-state index contributed by atoms with van der Waals surface area (Å²) in [7, 11) is 0. The van der Waals surface area contributed by atoms with E-state index < -0.39 is 0 Å². The smallest absolute Gasteiger partial charge is 0.177 e. The summed E-state index contributed by atoms with van der Waals surface area (Å²) in [5.74, 6) is 0. The number of hydrogen-bond acceptors (Lipinski definition) is 1. The molecule has 3 rings (SSSR count). The van der Waals surface area contributed by atoms with Crippen molar-refractivity contribution in [2.75, 3.05) is 6.54 Å². The molecule has 0 bridgehead atoms. The van der Waals surface area contributed by atoms with Crippen LogP contribution in [-0.2, 0) is 13.0 Å². The van der Waals surface area contributed by atoms with Gasteiger partial charge in [-0.2, -0.15) is 0 Å². The third kappa shape index (κ3) is 1.24. The highest BCUT2D eigenvalue weighted by Crippen LogP contribution is 2.25. The number of thiophene rings is 1. The van der Waals surface area contributed by atoms with Crippen molar-refractivity contribution in [2.45, 2.75) is 32.2 Å². The monoisotopic (exact) mass is 192 g/mol. The molecule has 0 saturated heterocycles. The quantitative estimate of drug-likeness (QED) is 0.555. The molecular formula is C11H14NS+. The second kappa shape index (κ2) is 2.95. The Morgan fingerprint density at radius 3 is 3.31 bits per heavy atom. The van der Waals surface area contributed by atoms with Crippen molar-refractivity contribution in [3.05, 3.63) is 21.9 Å². The van der Waals surface area contributed by atoms with E-state index in [4.69, 9.17) is 0 Å². The third-order valence-electron chi connectivity index (χ3n) is 3.16. The van der Waals surface area contributed by atoms with Crippen molar-refractivity contribution in [3.63, 3.8) is 0 Å². The minimum atomic E-state index is 1.20. The summed E-state index contributed by atoms with van der Waals surface area (Å²) in [5, 5.41) is 2.24. The van der Waals surface area contributed by atoms with E-state index >= 15 is 0 Å². The first-order valence-electron chi connectivity index (χ1n) is 5.08. The van der Waals surface area contributed by atoms with Crippen LogP contribution in [0.1, 0.15) is 29.7 Å². The van der Waals surface area contributed by atoms with Crippen molar-refractivity contribution in [1.29, 1.82) is 0 Å². The summed E-state index contributed by atoms with van der Waals surface area (Å²) in [6.07, 6.45) is 5.38. The van der Waals surface area contributed by atoms with Crippen LogP contribution in [0.4, 0.5) is 0 Å². The number of nitrogens with zero attached hydrogens (tertiary/aromatic N) is 1. The Hall–Kier alpha value is -0.630. The first-order chi connectivity index (χ1) is 6.43. The highest BCUT2D eigenvalue weighted by molar-refractivity contribution is 7.10. The molecule has 3 heterocycles. The lowest BCUT2D eigenvalue weighted by atomic mass is 9.98. The number of fused-ring (bicyclic) bond motifs is 1. The van der Waals surface area contributed by atoms with Gasteiger partial charge in [-0.15, -0.1) is 11.3 Å². The van der Waals surface area contributed by atoms with Crippen molar-refractivity contribution in [2.24, 2.45) is 0 Å². The van der Waals surface area contributed by atoms with Crippen LogP contribution >= 0.6 is 11.3 Å². The largest absolute Gasteiger partial charge is 0.232 e. The van der Waals surface area contributed by atoms with E-state index in [9.17, 15) is 0 Å². The van der Waals surface area contributed by atoms with Crippen LogP contribution in [0.25, 0.3) is 0 Å². The molecule has 0 N–H and O–H groups in total. The minimum Gasteiger partial charge on any atom is -0.232 e. The molecule has 0 amide bonds. The summed E-state index contributed by atoms with van der Waals surface area (Å²) < 4.78 is 2.60. The molecule has 0 aromatic carbocycles. The van der Waals surface area contributed by atoms with Gasteiger partial charge in [-0.3, -0.25) is 0 Å². The molecule has 68 valence electrons. The Labute approximate surface area is 82.7 Å². The Morgan fingerprint density at radius 1 is 1.31 bits per heavy atom. The summed E-state index contributed by atoms with van der Waals surface area (Å²) in [6.45, 7) is 2.50. The predicted octanol–water partition coefficient (Wildman–Crippen LogP) is 2.44. The van der Waals surface area contributed by atoms with Gasteiger partial charge in [-0.1, -0.05) is 0 Å². The first-order valence-corrected chi connectivity index (χ1v) is 5.96. The maximum atomic E-state index is 2.60. The van der Waals surface area contributed by atoms with Gasteiger partial charge in [-0.25, -0.2) is 4.58 Å². The van der Waals surface area contributed by atoms with E-state index in [1.165, 1.54) is 38.8 Å². The highest BCUT2D eigenvalue weighted by atomic mass is 32.1. The van der Waals surface area contributed by atoms with Crippen LogP contribution in [-0.4, -0.2) is 16.8 Å². The van der Waals surface area contributed by atoms with Gasteiger partial charge in [0.1, 0.15) is 6.54 Å². The molecule has 0 saturated carbocycles. The summed E-state index contributed by atoms with van der Waals surface area (Å²) in [5.41, 5.74) is 3.29. The van der Waals surface area contributed by atoms with Crippen molar-refractivity contribution in [3.8, 4) is 0 Å². The highest BCUT2D eigenvalue weighted by Gasteiger charge is 2.26. The molecule has 1 aromatic rings. The maximum Gasteiger partial charge on any atom is 0.177 e. The topological polar surface area (TPSA) is 3.01 Å². The average molecular weight is 192 g/mol. The fraction of sp³-hybridized carbons (Fsp3) is 0.545. The molecule has 2 aliphatic heterocycles. The Kier molecular flexibility index (Phi) is 1.76. The van der Waals surface area contributed by atoms with Crippen LogP contribution in [0.5, 0.6) is 0 Å².